The van der Waals surface area contributed by atoms with Crippen molar-refractivity contribution in [1.29, 1.82) is 0 Å². The van der Waals surface area contributed by atoms with E-state index in [0.717, 1.165) is 36.9 Å². The summed E-state index contributed by atoms with van der Waals surface area (Å²) in [5.74, 6) is 1.56. The van der Waals surface area contributed by atoms with Gasteiger partial charge < -0.3 is 14.8 Å². The molecule has 2 aromatic carbocycles. The van der Waals surface area contributed by atoms with E-state index in [9.17, 15) is 0 Å². The lowest BCUT2D eigenvalue weighted by Gasteiger charge is -2.15. The second-order valence-electron chi connectivity index (χ2n) is 4.81. The average Bonchev–Trinajstić information content (AvgIpc) is 2.51. The molecule has 0 unspecified atom stereocenters. The molecule has 22 heavy (non-hydrogen) atoms. The summed E-state index contributed by atoms with van der Waals surface area (Å²) in [7, 11) is 1.66. The Hall–Kier alpha value is -1.14. The Morgan fingerprint density at radius 3 is 2.73 bits per heavy atom. The fourth-order valence-corrected chi connectivity index (χ4v) is 3.15. The van der Waals surface area contributed by atoms with Gasteiger partial charge in [0.2, 0.25) is 0 Å². The predicted octanol–water partition coefficient (Wildman–Crippen LogP) is 5.27. The fraction of sp³-hybridized carbons (Fsp3) is 0.294. The number of rotatable bonds is 6. The molecule has 0 amide bonds. The van der Waals surface area contributed by atoms with Gasteiger partial charge in [-0.3, -0.25) is 0 Å². The lowest BCUT2D eigenvalue weighted by molar-refractivity contribution is 0.308. The zero-order valence-electron chi connectivity index (χ0n) is 12.9. The Morgan fingerprint density at radius 2 is 2.05 bits per heavy atom. The average molecular weight is 432 g/mol. The highest BCUT2D eigenvalue weighted by Crippen LogP contribution is 2.34. The fourth-order valence-electron chi connectivity index (χ4n) is 2.16. The van der Waals surface area contributed by atoms with Crippen molar-refractivity contribution >= 4 is 39.9 Å². The van der Waals surface area contributed by atoms with Gasteiger partial charge in [-0.05, 0) is 71.8 Å². The minimum absolute atomic E-state index is 0.617. The molecule has 0 bridgehead atoms. The summed E-state index contributed by atoms with van der Waals surface area (Å²) in [5, 5.41) is 4.18. The summed E-state index contributed by atoms with van der Waals surface area (Å²) in [5.41, 5.74) is 3.22. The third kappa shape index (κ3) is 3.98. The monoisotopic (exact) mass is 431 g/mol. The van der Waals surface area contributed by atoms with E-state index in [1.165, 1.54) is 0 Å². The highest BCUT2D eigenvalue weighted by atomic mass is 127. The third-order valence-electron chi connectivity index (χ3n) is 3.33. The van der Waals surface area contributed by atoms with E-state index in [0.29, 0.717) is 13.2 Å². The molecule has 0 aromatic heterocycles. The van der Waals surface area contributed by atoms with Gasteiger partial charge in [0.1, 0.15) is 0 Å². The molecular weight excluding hydrogens is 413 g/mol. The van der Waals surface area contributed by atoms with E-state index >= 15 is 0 Å². The second kappa shape index (κ2) is 7.92. The summed E-state index contributed by atoms with van der Waals surface area (Å²) in [6.45, 7) is 5.28. The van der Waals surface area contributed by atoms with Crippen molar-refractivity contribution in [3.8, 4) is 11.5 Å². The summed E-state index contributed by atoms with van der Waals surface area (Å²) in [6, 6.07) is 9.96. The highest BCUT2D eigenvalue weighted by molar-refractivity contribution is 14.1. The molecule has 0 aliphatic carbocycles. The van der Waals surface area contributed by atoms with Crippen molar-refractivity contribution in [3.05, 3.63) is 50.1 Å². The van der Waals surface area contributed by atoms with E-state index < -0.39 is 0 Å². The van der Waals surface area contributed by atoms with Gasteiger partial charge in [0, 0.05) is 17.3 Å². The standard InChI is InChI=1S/C17H19ClINO2/c1-4-22-17-14(19)8-12(9-16(17)21-3)10-20-15-7-5-6-13(18)11(15)2/h5-9,20H,4,10H2,1-3H3. The molecule has 2 rings (SSSR count). The summed E-state index contributed by atoms with van der Waals surface area (Å²) < 4.78 is 12.1. The zero-order chi connectivity index (χ0) is 16.1. The number of hydrogen-bond acceptors (Lipinski definition) is 3. The van der Waals surface area contributed by atoms with E-state index in [-0.39, 0.29) is 0 Å². The van der Waals surface area contributed by atoms with Gasteiger partial charge >= 0.3 is 0 Å². The van der Waals surface area contributed by atoms with Crippen molar-refractivity contribution in [2.24, 2.45) is 0 Å². The Morgan fingerprint density at radius 1 is 1.27 bits per heavy atom. The molecule has 0 aliphatic rings. The summed E-state index contributed by atoms with van der Waals surface area (Å²) in [6.07, 6.45) is 0. The molecular formula is C17H19ClINO2. The first-order valence-corrected chi connectivity index (χ1v) is 8.50. The molecule has 0 radical (unpaired) electrons. The molecule has 0 atom stereocenters. The Bertz CT molecular complexity index is 661. The molecule has 0 fully saturated rings. The second-order valence-corrected chi connectivity index (χ2v) is 6.38. The van der Waals surface area contributed by atoms with Gasteiger partial charge in [-0.15, -0.1) is 0 Å². The first-order chi connectivity index (χ1) is 10.6. The van der Waals surface area contributed by atoms with Crippen molar-refractivity contribution in [3.63, 3.8) is 0 Å². The van der Waals surface area contributed by atoms with E-state index in [4.69, 9.17) is 21.1 Å². The van der Waals surface area contributed by atoms with E-state index in [1.54, 1.807) is 7.11 Å². The molecule has 0 aliphatic heterocycles. The molecule has 1 N–H and O–H groups in total. The first kappa shape index (κ1) is 17.2. The van der Waals surface area contributed by atoms with E-state index in [1.807, 2.05) is 38.1 Å². The zero-order valence-corrected chi connectivity index (χ0v) is 15.8. The molecule has 3 nitrogen and oxygen atoms in total. The van der Waals surface area contributed by atoms with Crippen LogP contribution in [0.1, 0.15) is 18.1 Å². The Balaban J connectivity index is 2.20. The molecule has 118 valence electrons. The van der Waals surface area contributed by atoms with Crippen molar-refractivity contribution in [1.82, 2.24) is 0 Å². The minimum Gasteiger partial charge on any atom is -0.493 e. The Kier molecular flexibility index (Phi) is 6.20. The van der Waals surface area contributed by atoms with Crippen LogP contribution in [0.3, 0.4) is 0 Å². The van der Waals surface area contributed by atoms with Crippen LogP contribution in [0.2, 0.25) is 5.02 Å². The lowest BCUT2D eigenvalue weighted by atomic mass is 10.1. The molecule has 0 spiro atoms. The predicted molar refractivity (Wildman–Crippen MR) is 100 cm³/mol. The van der Waals surface area contributed by atoms with Crippen molar-refractivity contribution < 1.29 is 9.47 Å². The first-order valence-electron chi connectivity index (χ1n) is 7.05. The van der Waals surface area contributed by atoms with Crippen LogP contribution >= 0.6 is 34.2 Å². The molecule has 5 heteroatoms. The van der Waals surface area contributed by atoms with Gasteiger partial charge in [-0.25, -0.2) is 0 Å². The molecule has 0 heterocycles. The van der Waals surface area contributed by atoms with Gasteiger partial charge in [-0.2, -0.15) is 0 Å². The minimum atomic E-state index is 0.617. The number of benzene rings is 2. The maximum atomic E-state index is 6.15. The van der Waals surface area contributed by atoms with Crippen molar-refractivity contribution in [2.75, 3.05) is 19.0 Å². The summed E-state index contributed by atoms with van der Waals surface area (Å²) >= 11 is 8.42. The van der Waals surface area contributed by atoms with Crippen LogP contribution in [0, 0.1) is 10.5 Å². The smallest absolute Gasteiger partial charge is 0.174 e. The molecule has 2 aromatic rings. The number of ether oxygens (including phenoxy) is 2. The van der Waals surface area contributed by atoms with E-state index in [2.05, 4.69) is 34.0 Å². The molecule has 0 saturated heterocycles. The third-order valence-corrected chi connectivity index (χ3v) is 4.54. The van der Waals surface area contributed by atoms with Crippen LogP contribution in [0.25, 0.3) is 0 Å². The van der Waals surface area contributed by atoms with Crippen LogP contribution < -0.4 is 14.8 Å². The van der Waals surface area contributed by atoms with Crippen LogP contribution in [0.4, 0.5) is 5.69 Å². The maximum Gasteiger partial charge on any atom is 0.174 e. The largest absolute Gasteiger partial charge is 0.493 e. The number of nitrogens with one attached hydrogen (secondary N) is 1. The number of anilines is 1. The maximum absolute atomic E-state index is 6.15. The number of hydrogen-bond donors (Lipinski definition) is 1. The van der Waals surface area contributed by atoms with Gasteiger partial charge in [0.05, 0.1) is 17.3 Å². The van der Waals surface area contributed by atoms with Crippen LogP contribution in [-0.2, 0) is 6.54 Å². The van der Waals surface area contributed by atoms with Crippen molar-refractivity contribution in [2.45, 2.75) is 20.4 Å². The normalized spacial score (nSPS) is 10.4. The highest BCUT2D eigenvalue weighted by Gasteiger charge is 2.11. The number of methoxy groups -OCH3 is 1. The van der Waals surface area contributed by atoms with Gasteiger partial charge in [-0.1, -0.05) is 17.7 Å². The summed E-state index contributed by atoms with van der Waals surface area (Å²) in [4.78, 5) is 0. The van der Waals surface area contributed by atoms with Crippen LogP contribution in [0.5, 0.6) is 11.5 Å². The SMILES string of the molecule is CCOc1c(I)cc(CNc2cccc(Cl)c2C)cc1OC. The quantitative estimate of drug-likeness (QED) is 0.632. The Labute approximate surface area is 150 Å². The van der Waals surface area contributed by atoms with Crippen LogP contribution in [-0.4, -0.2) is 13.7 Å². The topological polar surface area (TPSA) is 30.5 Å². The van der Waals surface area contributed by atoms with Gasteiger partial charge in [0.15, 0.2) is 11.5 Å². The lowest BCUT2D eigenvalue weighted by Crippen LogP contribution is -2.04. The van der Waals surface area contributed by atoms with Gasteiger partial charge in [0.25, 0.3) is 0 Å². The number of halogens is 2. The molecule has 0 saturated carbocycles. The van der Waals surface area contributed by atoms with Crippen LogP contribution in [0.15, 0.2) is 30.3 Å².